The molecular formula is C14H20BrN3O. The highest BCUT2D eigenvalue weighted by Gasteiger charge is 2.26. The minimum Gasteiger partial charge on any atom is -0.409 e. The minimum atomic E-state index is 0.133. The van der Waals surface area contributed by atoms with Crippen molar-refractivity contribution in [1.82, 2.24) is 0 Å². The second-order valence-electron chi connectivity index (χ2n) is 5.39. The SMILES string of the molecule is CC(C)C1CCN(c2ccc(/C(N)=N/O)cc2Br)C1. The van der Waals surface area contributed by atoms with Gasteiger partial charge in [-0.25, -0.2) is 0 Å². The smallest absolute Gasteiger partial charge is 0.170 e. The molecule has 1 fully saturated rings. The average molecular weight is 326 g/mol. The maximum absolute atomic E-state index is 8.69. The zero-order valence-electron chi connectivity index (χ0n) is 11.3. The molecule has 1 saturated heterocycles. The van der Waals surface area contributed by atoms with Crippen molar-refractivity contribution in [1.29, 1.82) is 0 Å². The van der Waals surface area contributed by atoms with Crippen LogP contribution in [0.2, 0.25) is 0 Å². The lowest BCUT2D eigenvalue weighted by Crippen LogP contribution is -2.22. The van der Waals surface area contributed by atoms with Crippen LogP contribution < -0.4 is 10.6 Å². The second kappa shape index (κ2) is 5.82. The summed E-state index contributed by atoms with van der Waals surface area (Å²) in [4.78, 5) is 2.39. The van der Waals surface area contributed by atoms with E-state index in [0.29, 0.717) is 0 Å². The van der Waals surface area contributed by atoms with Crippen LogP contribution in [0.3, 0.4) is 0 Å². The number of hydrogen-bond acceptors (Lipinski definition) is 3. The fraction of sp³-hybridized carbons (Fsp3) is 0.500. The molecule has 1 aliphatic heterocycles. The van der Waals surface area contributed by atoms with E-state index in [1.807, 2.05) is 18.2 Å². The standard InChI is InChI=1S/C14H20BrN3O/c1-9(2)11-5-6-18(8-11)13-4-3-10(7-12(13)15)14(16)17-19/h3-4,7,9,11,19H,5-6,8H2,1-2H3,(H2,16,17). The van der Waals surface area contributed by atoms with Crippen molar-refractivity contribution in [2.24, 2.45) is 22.7 Å². The number of anilines is 1. The summed E-state index contributed by atoms with van der Waals surface area (Å²) in [5.41, 5.74) is 7.49. The van der Waals surface area contributed by atoms with Gasteiger partial charge in [-0.1, -0.05) is 19.0 Å². The zero-order valence-corrected chi connectivity index (χ0v) is 12.9. The molecule has 3 N–H and O–H groups in total. The summed E-state index contributed by atoms with van der Waals surface area (Å²) < 4.78 is 0.987. The van der Waals surface area contributed by atoms with Crippen molar-refractivity contribution in [2.75, 3.05) is 18.0 Å². The van der Waals surface area contributed by atoms with Gasteiger partial charge in [0, 0.05) is 23.1 Å². The first-order valence-corrected chi connectivity index (χ1v) is 7.34. The number of nitrogens with two attached hydrogens (primary N) is 1. The van der Waals surface area contributed by atoms with E-state index in [2.05, 4.69) is 39.8 Å². The summed E-state index contributed by atoms with van der Waals surface area (Å²) in [7, 11) is 0. The molecule has 1 aromatic rings. The highest BCUT2D eigenvalue weighted by Crippen LogP contribution is 2.33. The van der Waals surface area contributed by atoms with Crippen molar-refractivity contribution < 1.29 is 5.21 Å². The molecule has 0 spiro atoms. The quantitative estimate of drug-likeness (QED) is 0.388. The molecule has 0 aromatic heterocycles. The molecule has 5 heteroatoms. The number of halogens is 1. The Hall–Kier alpha value is -1.23. The van der Waals surface area contributed by atoms with Crippen molar-refractivity contribution in [3.8, 4) is 0 Å². The molecule has 19 heavy (non-hydrogen) atoms. The van der Waals surface area contributed by atoms with Gasteiger partial charge in [-0.2, -0.15) is 0 Å². The van der Waals surface area contributed by atoms with Gasteiger partial charge in [0.25, 0.3) is 0 Å². The Morgan fingerprint density at radius 2 is 2.26 bits per heavy atom. The summed E-state index contributed by atoms with van der Waals surface area (Å²) in [6.07, 6.45) is 1.24. The molecule has 0 saturated carbocycles. The normalized spacial score (nSPS) is 20.3. The minimum absolute atomic E-state index is 0.133. The van der Waals surface area contributed by atoms with E-state index in [1.165, 1.54) is 12.1 Å². The molecule has 1 atom stereocenters. The van der Waals surface area contributed by atoms with E-state index in [0.717, 1.165) is 35.0 Å². The number of oxime groups is 1. The van der Waals surface area contributed by atoms with Crippen molar-refractivity contribution in [3.05, 3.63) is 28.2 Å². The van der Waals surface area contributed by atoms with Crippen molar-refractivity contribution >= 4 is 27.5 Å². The summed E-state index contributed by atoms with van der Waals surface area (Å²) >= 11 is 3.58. The van der Waals surface area contributed by atoms with Crippen LogP contribution in [0.4, 0.5) is 5.69 Å². The third-order valence-corrected chi connectivity index (χ3v) is 4.49. The van der Waals surface area contributed by atoms with Crippen molar-refractivity contribution in [3.63, 3.8) is 0 Å². The fourth-order valence-corrected chi connectivity index (χ4v) is 3.16. The van der Waals surface area contributed by atoms with Crippen LogP contribution in [0.5, 0.6) is 0 Å². The Bertz CT molecular complexity index is 488. The predicted molar refractivity (Wildman–Crippen MR) is 81.8 cm³/mol. The van der Waals surface area contributed by atoms with Crippen LogP contribution in [-0.2, 0) is 0 Å². The van der Waals surface area contributed by atoms with Crippen LogP contribution in [0.1, 0.15) is 25.8 Å². The largest absolute Gasteiger partial charge is 0.409 e. The van der Waals surface area contributed by atoms with E-state index >= 15 is 0 Å². The zero-order chi connectivity index (χ0) is 14.0. The van der Waals surface area contributed by atoms with Gasteiger partial charge in [0.2, 0.25) is 0 Å². The van der Waals surface area contributed by atoms with Gasteiger partial charge in [-0.05, 0) is 52.4 Å². The highest BCUT2D eigenvalue weighted by atomic mass is 79.9. The molecule has 2 rings (SSSR count). The van der Waals surface area contributed by atoms with E-state index in [4.69, 9.17) is 10.9 Å². The van der Waals surface area contributed by atoms with Crippen LogP contribution in [0.25, 0.3) is 0 Å². The number of hydrogen-bond donors (Lipinski definition) is 2. The Morgan fingerprint density at radius 3 is 2.79 bits per heavy atom. The van der Waals surface area contributed by atoms with Gasteiger partial charge >= 0.3 is 0 Å². The second-order valence-corrected chi connectivity index (χ2v) is 6.24. The first-order chi connectivity index (χ1) is 9.02. The molecule has 0 amide bonds. The van der Waals surface area contributed by atoms with Crippen LogP contribution in [0.15, 0.2) is 27.8 Å². The lowest BCUT2D eigenvalue weighted by Gasteiger charge is -2.21. The van der Waals surface area contributed by atoms with Crippen LogP contribution in [-0.4, -0.2) is 24.1 Å². The van der Waals surface area contributed by atoms with E-state index in [1.54, 1.807) is 0 Å². The third kappa shape index (κ3) is 3.03. The number of benzene rings is 1. The van der Waals surface area contributed by atoms with Gasteiger partial charge in [-0.15, -0.1) is 0 Å². The maximum Gasteiger partial charge on any atom is 0.170 e. The molecule has 0 radical (unpaired) electrons. The molecule has 104 valence electrons. The van der Waals surface area contributed by atoms with E-state index in [-0.39, 0.29) is 5.84 Å². The van der Waals surface area contributed by atoms with Gasteiger partial charge in [-0.3, -0.25) is 0 Å². The summed E-state index contributed by atoms with van der Waals surface area (Å²) in [6.45, 7) is 6.75. The molecule has 0 bridgehead atoms. The van der Waals surface area contributed by atoms with Gasteiger partial charge in [0.1, 0.15) is 0 Å². The van der Waals surface area contributed by atoms with Crippen LogP contribution >= 0.6 is 15.9 Å². The maximum atomic E-state index is 8.69. The molecular weight excluding hydrogens is 306 g/mol. The summed E-state index contributed by atoms with van der Waals surface area (Å²) in [5, 5.41) is 11.7. The Kier molecular flexibility index (Phi) is 4.34. The molecule has 1 aromatic carbocycles. The Labute approximate surface area is 122 Å². The number of rotatable bonds is 3. The number of amidine groups is 1. The topological polar surface area (TPSA) is 61.8 Å². The Balaban J connectivity index is 2.18. The highest BCUT2D eigenvalue weighted by molar-refractivity contribution is 9.10. The molecule has 1 heterocycles. The third-order valence-electron chi connectivity index (χ3n) is 3.86. The first kappa shape index (κ1) is 14.2. The van der Waals surface area contributed by atoms with Crippen LogP contribution in [0, 0.1) is 11.8 Å². The molecule has 1 unspecified atom stereocenters. The predicted octanol–water partition coefficient (Wildman–Crippen LogP) is 3.03. The monoisotopic (exact) mass is 325 g/mol. The summed E-state index contributed by atoms with van der Waals surface area (Å²) in [6, 6.07) is 5.81. The number of nitrogens with zero attached hydrogens (tertiary/aromatic N) is 2. The molecule has 1 aliphatic rings. The van der Waals surface area contributed by atoms with Gasteiger partial charge < -0.3 is 15.8 Å². The van der Waals surface area contributed by atoms with Crippen molar-refractivity contribution in [2.45, 2.75) is 20.3 Å². The fourth-order valence-electron chi connectivity index (χ4n) is 2.53. The lowest BCUT2D eigenvalue weighted by molar-refractivity contribution is 0.318. The summed E-state index contributed by atoms with van der Waals surface area (Å²) in [5.74, 6) is 1.62. The van der Waals surface area contributed by atoms with Gasteiger partial charge in [0.15, 0.2) is 5.84 Å². The van der Waals surface area contributed by atoms with Gasteiger partial charge in [0.05, 0.1) is 5.69 Å². The first-order valence-electron chi connectivity index (χ1n) is 6.55. The average Bonchev–Trinajstić information content (AvgIpc) is 2.87. The lowest BCUT2D eigenvalue weighted by atomic mass is 9.95. The molecule has 4 nitrogen and oxygen atoms in total. The van der Waals surface area contributed by atoms with E-state index in [9.17, 15) is 0 Å². The Morgan fingerprint density at radius 1 is 1.53 bits per heavy atom. The van der Waals surface area contributed by atoms with E-state index < -0.39 is 0 Å². The molecule has 0 aliphatic carbocycles.